The summed E-state index contributed by atoms with van der Waals surface area (Å²) in [6.45, 7) is 0. The molecule has 0 atom stereocenters. The van der Waals surface area contributed by atoms with E-state index >= 15 is 0 Å². The molecule has 0 aliphatic heterocycles. The number of carbonyl (C=O) groups excluding carboxylic acids is 1. The van der Waals surface area contributed by atoms with Gasteiger partial charge in [0.1, 0.15) is 11.5 Å². The number of benzene rings is 2. The van der Waals surface area contributed by atoms with Gasteiger partial charge in [-0.05, 0) is 36.4 Å². The van der Waals surface area contributed by atoms with Crippen LogP contribution in [0.4, 0.5) is 0 Å². The molecule has 3 aromatic rings. The van der Waals surface area contributed by atoms with Crippen molar-refractivity contribution >= 4 is 28.6 Å². The lowest BCUT2D eigenvalue weighted by molar-refractivity contribution is 0.102. The van der Waals surface area contributed by atoms with Crippen LogP contribution in [0, 0.1) is 0 Å². The van der Waals surface area contributed by atoms with Crippen LogP contribution >= 0.6 is 11.8 Å². The third-order valence-electron chi connectivity index (χ3n) is 3.20. The SMILES string of the molecule is COc1ccc2nc(SCC(=O)c3ccc(O)cc3)[nH]c2c1. The summed E-state index contributed by atoms with van der Waals surface area (Å²) in [5.74, 6) is 1.17. The molecule has 0 amide bonds. The van der Waals surface area contributed by atoms with Crippen molar-refractivity contribution in [2.75, 3.05) is 12.9 Å². The first kappa shape index (κ1) is 14.5. The number of phenolic OH excluding ortho intramolecular Hbond substituents is 1. The van der Waals surface area contributed by atoms with Crippen LogP contribution in [0.25, 0.3) is 11.0 Å². The van der Waals surface area contributed by atoms with Crippen LogP contribution in [-0.4, -0.2) is 33.7 Å². The zero-order chi connectivity index (χ0) is 15.5. The lowest BCUT2D eigenvalue weighted by Gasteiger charge is -1.99. The molecule has 0 fully saturated rings. The van der Waals surface area contributed by atoms with Gasteiger partial charge < -0.3 is 14.8 Å². The molecule has 0 unspecified atom stereocenters. The fraction of sp³-hybridized carbons (Fsp3) is 0.125. The molecule has 112 valence electrons. The highest BCUT2D eigenvalue weighted by atomic mass is 32.2. The number of ketones is 1. The van der Waals surface area contributed by atoms with Gasteiger partial charge in [0.25, 0.3) is 0 Å². The molecule has 2 N–H and O–H groups in total. The molecule has 0 spiro atoms. The summed E-state index contributed by atoms with van der Waals surface area (Å²) in [6.07, 6.45) is 0. The Bertz CT molecular complexity index is 812. The van der Waals surface area contributed by atoms with E-state index in [1.165, 1.54) is 23.9 Å². The zero-order valence-corrected chi connectivity index (χ0v) is 12.7. The minimum absolute atomic E-state index is 0.0111. The van der Waals surface area contributed by atoms with Gasteiger partial charge in [-0.1, -0.05) is 11.8 Å². The summed E-state index contributed by atoms with van der Waals surface area (Å²) in [6, 6.07) is 11.8. The smallest absolute Gasteiger partial charge is 0.173 e. The van der Waals surface area contributed by atoms with Crippen LogP contribution in [0.2, 0.25) is 0 Å². The van der Waals surface area contributed by atoms with Crippen molar-refractivity contribution in [3.8, 4) is 11.5 Å². The summed E-state index contributed by atoms with van der Waals surface area (Å²) in [5, 5.41) is 9.92. The van der Waals surface area contributed by atoms with Crippen LogP contribution in [-0.2, 0) is 0 Å². The average Bonchev–Trinajstić information content (AvgIpc) is 2.95. The van der Waals surface area contributed by atoms with Crippen molar-refractivity contribution in [1.82, 2.24) is 9.97 Å². The number of fused-ring (bicyclic) bond motifs is 1. The van der Waals surface area contributed by atoms with E-state index in [-0.39, 0.29) is 17.3 Å². The number of ether oxygens (including phenoxy) is 1. The number of carbonyl (C=O) groups is 1. The van der Waals surface area contributed by atoms with E-state index in [9.17, 15) is 9.90 Å². The normalized spacial score (nSPS) is 10.8. The largest absolute Gasteiger partial charge is 0.508 e. The minimum Gasteiger partial charge on any atom is -0.508 e. The van der Waals surface area contributed by atoms with Crippen molar-refractivity contribution < 1.29 is 14.6 Å². The highest BCUT2D eigenvalue weighted by Gasteiger charge is 2.10. The third kappa shape index (κ3) is 3.07. The van der Waals surface area contributed by atoms with Crippen molar-refractivity contribution in [1.29, 1.82) is 0 Å². The van der Waals surface area contributed by atoms with E-state index in [1.807, 2.05) is 18.2 Å². The fourth-order valence-electron chi connectivity index (χ4n) is 2.03. The quantitative estimate of drug-likeness (QED) is 0.558. The summed E-state index contributed by atoms with van der Waals surface area (Å²) in [5.41, 5.74) is 2.28. The average molecular weight is 314 g/mol. The maximum atomic E-state index is 12.1. The van der Waals surface area contributed by atoms with E-state index in [0.717, 1.165) is 16.8 Å². The Morgan fingerprint density at radius 2 is 2.05 bits per heavy atom. The van der Waals surface area contributed by atoms with Crippen LogP contribution < -0.4 is 4.74 Å². The van der Waals surface area contributed by atoms with Gasteiger partial charge in [-0.2, -0.15) is 0 Å². The molecular weight excluding hydrogens is 300 g/mol. The third-order valence-corrected chi connectivity index (χ3v) is 4.07. The molecule has 0 aliphatic rings. The van der Waals surface area contributed by atoms with Gasteiger partial charge >= 0.3 is 0 Å². The number of nitrogens with one attached hydrogen (secondary N) is 1. The number of rotatable bonds is 5. The zero-order valence-electron chi connectivity index (χ0n) is 11.9. The number of thioether (sulfide) groups is 1. The van der Waals surface area contributed by atoms with E-state index in [1.54, 1.807) is 19.2 Å². The molecule has 5 nitrogen and oxygen atoms in total. The van der Waals surface area contributed by atoms with Gasteiger partial charge in [-0.15, -0.1) is 0 Å². The second-order valence-electron chi connectivity index (χ2n) is 4.68. The molecule has 0 saturated heterocycles. The van der Waals surface area contributed by atoms with Gasteiger partial charge in [0.05, 0.1) is 23.9 Å². The Morgan fingerprint density at radius 3 is 2.77 bits per heavy atom. The predicted molar refractivity (Wildman–Crippen MR) is 85.8 cm³/mol. The maximum Gasteiger partial charge on any atom is 0.173 e. The topological polar surface area (TPSA) is 75.2 Å². The first-order chi connectivity index (χ1) is 10.7. The lowest BCUT2D eigenvalue weighted by atomic mass is 10.1. The highest BCUT2D eigenvalue weighted by Crippen LogP contribution is 2.23. The number of aromatic amines is 1. The molecule has 3 rings (SSSR count). The van der Waals surface area contributed by atoms with E-state index in [0.29, 0.717) is 10.7 Å². The first-order valence-corrected chi connectivity index (χ1v) is 7.63. The summed E-state index contributed by atoms with van der Waals surface area (Å²) >= 11 is 1.35. The maximum absolute atomic E-state index is 12.1. The van der Waals surface area contributed by atoms with Crippen molar-refractivity contribution in [2.24, 2.45) is 0 Å². The Morgan fingerprint density at radius 1 is 1.27 bits per heavy atom. The number of imidazole rings is 1. The number of aromatic nitrogens is 2. The number of phenols is 1. The number of H-pyrrole nitrogens is 1. The second-order valence-corrected chi connectivity index (χ2v) is 5.65. The molecular formula is C16H14N2O3S. The van der Waals surface area contributed by atoms with Crippen LogP contribution in [0.15, 0.2) is 47.6 Å². The van der Waals surface area contributed by atoms with E-state index < -0.39 is 0 Å². The molecule has 0 aliphatic carbocycles. The fourth-order valence-corrected chi connectivity index (χ4v) is 2.80. The summed E-state index contributed by atoms with van der Waals surface area (Å²) in [7, 11) is 1.61. The number of aromatic hydroxyl groups is 1. The van der Waals surface area contributed by atoms with Gasteiger partial charge in [-0.3, -0.25) is 4.79 Å². The summed E-state index contributed by atoms with van der Waals surface area (Å²) < 4.78 is 5.17. The minimum atomic E-state index is -0.0111. The van der Waals surface area contributed by atoms with Gasteiger partial charge in [0, 0.05) is 11.6 Å². The van der Waals surface area contributed by atoms with Crippen molar-refractivity contribution in [3.05, 3.63) is 48.0 Å². The highest BCUT2D eigenvalue weighted by molar-refractivity contribution is 7.99. The molecule has 6 heteroatoms. The van der Waals surface area contributed by atoms with Crippen molar-refractivity contribution in [3.63, 3.8) is 0 Å². The number of hydrogen-bond acceptors (Lipinski definition) is 5. The molecule has 0 bridgehead atoms. The first-order valence-electron chi connectivity index (χ1n) is 6.64. The molecule has 0 saturated carbocycles. The Hall–Kier alpha value is -2.47. The monoisotopic (exact) mass is 314 g/mol. The number of hydrogen-bond donors (Lipinski definition) is 2. The molecule has 22 heavy (non-hydrogen) atoms. The number of Topliss-reactive ketones (excluding diaryl/α,β-unsaturated/α-hetero) is 1. The van der Waals surface area contributed by atoms with Gasteiger partial charge in [-0.25, -0.2) is 4.98 Å². The molecule has 1 heterocycles. The van der Waals surface area contributed by atoms with Gasteiger partial charge in [0.15, 0.2) is 10.9 Å². The summed E-state index contributed by atoms with van der Waals surface area (Å²) in [4.78, 5) is 19.7. The lowest BCUT2D eigenvalue weighted by Crippen LogP contribution is -2.02. The Kier molecular flexibility index (Phi) is 4.02. The predicted octanol–water partition coefficient (Wildman–Crippen LogP) is 3.25. The van der Waals surface area contributed by atoms with Crippen molar-refractivity contribution in [2.45, 2.75) is 5.16 Å². The second kappa shape index (κ2) is 6.11. The standard InChI is InChI=1S/C16H14N2O3S/c1-21-12-6-7-13-14(8-12)18-16(17-13)22-9-15(20)10-2-4-11(19)5-3-10/h2-8,19H,9H2,1H3,(H,17,18). The molecule has 0 radical (unpaired) electrons. The van der Waals surface area contributed by atoms with Crippen LogP contribution in [0.5, 0.6) is 11.5 Å². The van der Waals surface area contributed by atoms with Gasteiger partial charge in [0.2, 0.25) is 0 Å². The Labute approximate surface area is 131 Å². The molecule has 1 aromatic heterocycles. The van der Waals surface area contributed by atoms with Crippen LogP contribution in [0.1, 0.15) is 10.4 Å². The Balaban J connectivity index is 1.70. The van der Waals surface area contributed by atoms with Crippen LogP contribution in [0.3, 0.4) is 0 Å². The molecule has 2 aromatic carbocycles. The number of methoxy groups -OCH3 is 1. The van der Waals surface area contributed by atoms with E-state index in [4.69, 9.17) is 4.74 Å². The van der Waals surface area contributed by atoms with E-state index in [2.05, 4.69) is 9.97 Å². The number of nitrogens with zero attached hydrogens (tertiary/aromatic N) is 1.